The van der Waals surface area contributed by atoms with Gasteiger partial charge in [0.05, 0.1) is 22.9 Å². The number of aromatic nitrogens is 5. The number of fused-ring (bicyclic) bond motifs is 1. The third-order valence-electron chi connectivity index (χ3n) is 4.56. The van der Waals surface area contributed by atoms with Crippen LogP contribution in [-0.2, 0) is 11.2 Å². The summed E-state index contributed by atoms with van der Waals surface area (Å²) < 4.78 is 1.88. The van der Waals surface area contributed by atoms with Crippen molar-refractivity contribution >= 4 is 28.7 Å². The van der Waals surface area contributed by atoms with E-state index in [0.29, 0.717) is 11.5 Å². The zero-order valence-electron chi connectivity index (χ0n) is 17.8. The van der Waals surface area contributed by atoms with Crippen molar-refractivity contribution in [1.29, 1.82) is 0 Å². The van der Waals surface area contributed by atoms with Crippen LogP contribution in [-0.4, -0.2) is 30.4 Å². The van der Waals surface area contributed by atoms with Gasteiger partial charge in [0.1, 0.15) is 6.33 Å². The molecule has 0 aliphatic heterocycles. The van der Waals surface area contributed by atoms with Gasteiger partial charge in [-0.25, -0.2) is 9.97 Å². The predicted octanol–water partition coefficient (Wildman–Crippen LogP) is 4.45. The van der Waals surface area contributed by atoms with Gasteiger partial charge in [0.15, 0.2) is 5.82 Å². The van der Waals surface area contributed by atoms with Crippen molar-refractivity contribution in [3.05, 3.63) is 78.8 Å². The number of imidazole rings is 1. The molecule has 156 valence electrons. The van der Waals surface area contributed by atoms with E-state index in [4.69, 9.17) is 4.98 Å². The molecule has 4 rings (SSSR count). The molecule has 3 heterocycles. The summed E-state index contributed by atoms with van der Waals surface area (Å²) in [4.78, 5) is 29.9. The van der Waals surface area contributed by atoms with Gasteiger partial charge in [0.25, 0.3) is 0 Å². The van der Waals surface area contributed by atoms with Gasteiger partial charge < -0.3 is 5.32 Å². The number of anilines is 1. The normalized spacial score (nSPS) is 11.8. The SMILES string of the molecule is CC(C)(C)Cc1cncc(-n2cnc3ccc(NC(=O)/C=C\c4cccnc4)cc32)n1. The van der Waals surface area contributed by atoms with Crippen LogP contribution in [0, 0.1) is 5.41 Å². The molecule has 0 aliphatic carbocycles. The highest BCUT2D eigenvalue weighted by Gasteiger charge is 2.14. The second-order valence-electron chi connectivity index (χ2n) is 8.53. The van der Waals surface area contributed by atoms with E-state index >= 15 is 0 Å². The summed E-state index contributed by atoms with van der Waals surface area (Å²) in [5.41, 5.74) is 4.24. The van der Waals surface area contributed by atoms with Gasteiger partial charge in [-0.1, -0.05) is 26.8 Å². The first kappa shape index (κ1) is 20.4. The quantitative estimate of drug-likeness (QED) is 0.490. The molecule has 4 aromatic rings. The van der Waals surface area contributed by atoms with Crippen LogP contribution in [0.1, 0.15) is 32.0 Å². The third-order valence-corrected chi connectivity index (χ3v) is 4.56. The largest absolute Gasteiger partial charge is 0.322 e. The van der Waals surface area contributed by atoms with Crippen LogP contribution in [0.15, 0.2) is 67.5 Å². The first-order chi connectivity index (χ1) is 14.9. The van der Waals surface area contributed by atoms with Gasteiger partial charge >= 0.3 is 0 Å². The van der Waals surface area contributed by atoms with Crippen molar-refractivity contribution in [3.63, 3.8) is 0 Å². The molecule has 0 radical (unpaired) electrons. The van der Waals surface area contributed by atoms with Crippen LogP contribution >= 0.6 is 0 Å². The fourth-order valence-electron chi connectivity index (χ4n) is 3.24. The van der Waals surface area contributed by atoms with Crippen molar-refractivity contribution in [1.82, 2.24) is 24.5 Å². The van der Waals surface area contributed by atoms with Gasteiger partial charge in [-0.05, 0) is 47.7 Å². The lowest BCUT2D eigenvalue weighted by Gasteiger charge is -2.17. The minimum Gasteiger partial charge on any atom is -0.322 e. The molecule has 0 saturated carbocycles. The van der Waals surface area contributed by atoms with Crippen LogP contribution < -0.4 is 5.32 Å². The number of benzene rings is 1. The van der Waals surface area contributed by atoms with E-state index in [1.807, 2.05) is 34.9 Å². The Labute approximate surface area is 180 Å². The molecule has 0 spiro atoms. The molecular weight excluding hydrogens is 388 g/mol. The average molecular weight is 412 g/mol. The number of amides is 1. The number of pyridine rings is 1. The molecule has 31 heavy (non-hydrogen) atoms. The molecule has 0 fully saturated rings. The topological polar surface area (TPSA) is 85.6 Å². The van der Waals surface area contributed by atoms with Crippen LogP contribution in [0.25, 0.3) is 22.9 Å². The van der Waals surface area contributed by atoms with Gasteiger partial charge in [-0.3, -0.25) is 19.3 Å². The van der Waals surface area contributed by atoms with E-state index in [-0.39, 0.29) is 11.3 Å². The lowest BCUT2D eigenvalue weighted by Crippen LogP contribution is -2.12. The fraction of sp³-hybridized carbons (Fsp3) is 0.208. The maximum atomic E-state index is 12.3. The van der Waals surface area contributed by atoms with Crippen LogP contribution in [0.2, 0.25) is 0 Å². The van der Waals surface area contributed by atoms with Crippen LogP contribution in [0.3, 0.4) is 0 Å². The van der Waals surface area contributed by atoms with Crippen LogP contribution in [0.5, 0.6) is 0 Å². The number of nitrogens with one attached hydrogen (secondary N) is 1. The van der Waals surface area contributed by atoms with E-state index < -0.39 is 0 Å². The number of carbonyl (C=O) groups excluding carboxylic acids is 1. The van der Waals surface area contributed by atoms with E-state index in [1.165, 1.54) is 6.08 Å². The zero-order chi connectivity index (χ0) is 21.8. The molecule has 1 N–H and O–H groups in total. The Bertz CT molecular complexity index is 1240. The first-order valence-corrected chi connectivity index (χ1v) is 10.0. The number of hydrogen-bond acceptors (Lipinski definition) is 5. The molecule has 1 amide bonds. The summed E-state index contributed by atoms with van der Waals surface area (Å²) in [6.45, 7) is 6.52. The Hall–Kier alpha value is -3.87. The molecule has 1 aromatic carbocycles. The van der Waals surface area contributed by atoms with Gasteiger partial charge in [-0.2, -0.15) is 0 Å². The molecule has 0 bridgehead atoms. The smallest absolute Gasteiger partial charge is 0.248 e. The van der Waals surface area contributed by atoms with Crippen molar-refractivity contribution in [2.45, 2.75) is 27.2 Å². The summed E-state index contributed by atoms with van der Waals surface area (Å²) in [5, 5.41) is 2.89. The molecule has 7 heteroatoms. The number of carbonyl (C=O) groups is 1. The summed E-state index contributed by atoms with van der Waals surface area (Å²) in [7, 11) is 0. The van der Waals surface area contributed by atoms with Gasteiger partial charge in [0, 0.05) is 30.4 Å². The van der Waals surface area contributed by atoms with Crippen molar-refractivity contribution < 1.29 is 4.79 Å². The monoisotopic (exact) mass is 412 g/mol. The summed E-state index contributed by atoms with van der Waals surface area (Å²) >= 11 is 0. The Morgan fingerprint density at radius 2 is 2.00 bits per heavy atom. The van der Waals surface area contributed by atoms with Crippen molar-refractivity contribution in [3.8, 4) is 5.82 Å². The number of hydrogen-bond donors (Lipinski definition) is 1. The van der Waals surface area contributed by atoms with Crippen molar-refractivity contribution in [2.75, 3.05) is 5.32 Å². The Kier molecular flexibility index (Phi) is 5.58. The standard InChI is InChI=1S/C24H24N6O/c1-24(2,3)12-19-14-26-15-22(28-19)30-16-27-20-8-7-18(11-21(20)30)29-23(31)9-6-17-5-4-10-25-13-17/h4-11,13-16H,12H2,1-3H3,(H,29,31)/b9-6-. The maximum Gasteiger partial charge on any atom is 0.248 e. The number of nitrogens with zero attached hydrogens (tertiary/aromatic N) is 5. The Balaban J connectivity index is 1.57. The van der Waals surface area contributed by atoms with Crippen molar-refractivity contribution in [2.24, 2.45) is 5.41 Å². The van der Waals surface area contributed by atoms with E-state index in [9.17, 15) is 4.79 Å². The molecule has 0 saturated heterocycles. The molecule has 0 aliphatic rings. The average Bonchev–Trinajstić information content (AvgIpc) is 3.15. The maximum absolute atomic E-state index is 12.3. The number of rotatable bonds is 5. The Morgan fingerprint density at radius 3 is 2.77 bits per heavy atom. The molecular formula is C24H24N6O. The highest BCUT2D eigenvalue weighted by Crippen LogP contribution is 2.23. The van der Waals surface area contributed by atoms with E-state index in [2.05, 4.69) is 41.0 Å². The summed E-state index contributed by atoms with van der Waals surface area (Å²) in [5.74, 6) is 0.477. The minimum atomic E-state index is -0.221. The van der Waals surface area contributed by atoms with E-state index in [1.54, 1.807) is 37.2 Å². The zero-order valence-corrected chi connectivity index (χ0v) is 17.8. The predicted molar refractivity (Wildman–Crippen MR) is 122 cm³/mol. The highest BCUT2D eigenvalue weighted by atomic mass is 16.1. The van der Waals surface area contributed by atoms with E-state index in [0.717, 1.165) is 28.7 Å². The van der Waals surface area contributed by atoms with Gasteiger partial charge in [0.2, 0.25) is 5.91 Å². The molecule has 3 aromatic heterocycles. The van der Waals surface area contributed by atoms with Crippen LogP contribution in [0.4, 0.5) is 5.69 Å². The highest BCUT2D eigenvalue weighted by molar-refractivity contribution is 6.02. The lowest BCUT2D eigenvalue weighted by molar-refractivity contribution is -0.111. The lowest BCUT2D eigenvalue weighted by atomic mass is 9.91. The molecule has 0 unspecified atom stereocenters. The third kappa shape index (κ3) is 5.19. The van der Waals surface area contributed by atoms with Gasteiger partial charge in [-0.15, -0.1) is 0 Å². The summed E-state index contributed by atoms with van der Waals surface area (Å²) in [6.07, 6.45) is 12.7. The Morgan fingerprint density at radius 1 is 1.13 bits per heavy atom. The summed E-state index contributed by atoms with van der Waals surface area (Å²) in [6, 6.07) is 9.30. The second-order valence-corrected chi connectivity index (χ2v) is 8.53. The molecule has 7 nitrogen and oxygen atoms in total. The minimum absolute atomic E-state index is 0.116. The molecule has 0 atom stereocenters. The first-order valence-electron chi connectivity index (χ1n) is 10.0. The second kappa shape index (κ2) is 8.47. The fourth-order valence-corrected chi connectivity index (χ4v) is 3.24.